The molecule has 1 aromatic carbocycles. The van der Waals surface area contributed by atoms with Crippen molar-refractivity contribution in [2.24, 2.45) is 0 Å². The van der Waals surface area contributed by atoms with E-state index < -0.39 is 5.97 Å². The van der Waals surface area contributed by atoms with Crippen LogP contribution in [-0.4, -0.2) is 16.1 Å². The van der Waals surface area contributed by atoms with Gasteiger partial charge in [-0.05, 0) is 42.7 Å². The average Bonchev–Trinajstić information content (AvgIpc) is 2.28. The van der Waals surface area contributed by atoms with Gasteiger partial charge in [0.1, 0.15) is 0 Å². The molecule has 1 aromatic heterocycles. The fraction of sp³-hybridized carbons (Fsp3) is 0.143. The first kappa shape index (κ1) is 11.3. The van der Waals surface area contributed by atoms with Crippen molar-refractivity contribution in [1.82, 2.24) is 4.98 Å². The number of allylic oxidation sites excluding steroid dienone is 1. The maximum absolute atomic E-state index is 10.3. The zero-order valence-electron chi connectivity index (χ0n) is 9.55. The van der Waals surface area contributed by atoms with Gasteiger partial charge in [-0.15, -0.1) is 0 Å². The van der Waals surface area contributed by atoms with Crippen LogP contribution in [0.5, 0.6) is 0 Å². The molecule has 0 saturated heterocycles. The fourth-order valence-electron chi connectivity index (χ4n) is 1.71. The van der Waals surface area contributed by atoms with Gasteiger partial charge < -0.3 is 5.11 Å². The molecule has 2 rings (SSSR count). The van der Waals surface area contributed by atoms with Crippen LogP contribution in [0.1, 0.15) is 11.1 Å². The van der Waals surface area contributed by atoms with Crippen molar-refractivity contribution in [3.63, 3.8) is 0 Å². The summed E-state index contributed by atoms with van der Waals surface area (Å²) in [5.41, 5.74) is 3.17. The third-order valence-corrected chi connectivity index (χ3v) is 2.50. The number of carboxylic acids is 1. The molecule has 0 saturated carbocycles. The van der Waals surface area contributed by atoms with Crippen molar-refractivity contribution in [2.75, 3.05) is 0 Å². The summed E-state index contributed by atoms with van der Waals surface area (Å²) in [5.74, 6) is -0.914. The van der Waals surface area contributed by atoms with Gasteiger partial charge in [0.25, 0.3) is 0 Å². The number of aromatic nitrogens is 1. The molecule has 3 heteroatoms. The quantitative estimate of drug-likeness (QED) is 0.820. The number of carbonyl (C=O) groups is 1. The van der Waals surface area contributed by atoms with Crippen LogP contribution in [-0.2, 0) is 11.2 Å². The van der Waals surface area contributed by atoms with E-state index in [0.717, 1.165) is 22.0 Å². The Balaban J connectivity index is 2.27. The van der Waals surface area contributed by atoms with Crippen LogP contribution in [0.4, 0.5) is 0 Å². The van der Waals surface area contributed by atoms with E-state index in [-0.39, 0.29) is 0 Å². The van der Waals surface area contributed by atoms with E-state index in [2.05, 4.69) is 11.1 Å². The number of benzene rings is 1. The zero-order chi connectivity index (χ0) is 12.3. The number of fused-ring (bicyclic) bond motifs is 1. The van der Waals surface area contributed by atoms with Gasteiger partial charge in [-0.1, -0.05) is 12.1 Å². The standard InChI is InChI=1S/C14H13NO2/c1-10-7-12-8-11(3-2-4-14(16)17)5-6-13(12)15-9-10/h2,4-9H,3H2,1H3,(H,16,17)/b4-2+. The molecule has 2 aromatic rings. The van der Waals surface area contributed by atoms with Crippen LogP contribution in [0.25, 0.3) is 10.9 Å². The predicted octanol–water partition coefficient (Wildman–Crippen LogP) is 2.73. The van der Waals surface area contributed by atoms with E-state index >= 15 is 0 Å². The summed E-state index contributed by atoms with van der Waals surface area (Å²) in [4.78, 5) is 14.7. The lowest BCUT2D eigenvalue weighted by atomic mass is 10.1. The zero-order valence-corrected chi connectivity index (χ0v) is 9.55. The molecule has 3 nitrogen and oxygen atoms in total. The van der Waals surface area contributed by atoms with Gasteiger partial charge in [-0.2, -0.15) is 0 Å². The minimum absolute atomic E-state index is 0.621. The van der Waals surface area contributed by atoms with E-state index in [0.29, 0.717) is 6.42 Å². The Bertz CT molecular complexity index is 588. The first-order valence-corrected chi connectivity index (χ1v) is 5.40. The summed E-state index contributed by atoms with van der Waals surface area (Å²) in [6, 6.07) is 8.05. The molecule has 0 spiro atoms. The largest absolute Gasteiger partial charge is 0.478 e. The van der Waals surface area contributed by atoms with E-state index in [1.807, 2.05) is 31.3 Å². The van der Waals surface area contributed by atoms with Crippen LogP contribution < -0.4 is 0 Å². The Kier molecular flexibility index (Phi) is 3.19. The molecule has 0 aliphatic carbocycles. The summed E-state index contributed by atoms with van der Waals surface area (Å²) < 4.78 is 0. The van der Waals surface area contributed by atoms with Crippen LogP contribution in [0.3, 0.4) is 0 Å². The number of nitrogens with zero attached hydrogens (tertiary/aromatic N) is 1. The molecule has 0 radical (unpaired) electrons. The van der Waals surface area contributed by atoms with Gasteiger partial charge in [0, 0.05) is 17.7 Å². The average molecular weight is 227 g/mol. The first-order valence-electron chi connectivity index (χ1n) is 5.40. The monoisotopic (exact) mass is 227 g/mol. The summed E-state index contributed by atoms with van der Waals surface area (Å²) in [5, 5.41) is 9.59. The van der Waals surface area contributed by atoms with Gasteiger partial charge in [0.05, 0.1) is 5.52 Å². The smallest absolute Gasteiger partial charge is 0.327 e. The highest BCUT2D eigenvalue weighted by Crippen LogP contribution is 2.15. The molecular formula is C14H13NO2. The molecule has 0 bridgehead atoms. The van der Waals surface area contributed by atoms with Crippen molar-refractivity contribution in [3.05, 3.63) is 53.7 Å². The lowest BCUT2D eigenvalue weighted by Crippen LogP contribution is -1.88. The number of hydrogen-bond acceptors (Lipinski definition) is 2. The first-order chi connectivity index (χ1) is 8.15. The molecule has 0 atom stereocenters. The Morgan fingerprint density at radius 3 is 3.00 bits per heavy atom. The number of rotatable bonds is 3. The molecule has 1 heterocycles. The molecule has 0 aliphatic heterocycles. The van der Waals surface area contributed by atoms with Crippen LogP contribution >= 0.6 is 0 Å². The summed E-state index contributed by atoms with van der Waals surface area (Å²) in [6.07, 6.45) is 5.27. The third kappa shape index (κ3) is 2.91. The maximum Gasteiger partial charge on any atom is 0.327 e. The minimum Gasteiger partial charge on any atom is -0.478 e. The topological polar surface area (TPSA) is 50.2 Å². The second kappa shape index (κ2) is 4.78. The fourth-order valence-corrected chi connectivity index (χ4v) is 1.71. The normalized spacial score (nSPS) is 11.1. The maximum atomic E-state index is 10.3. The SMILES string of the molecule is Cc1cnc2ccc(C/C=C/C(=O)O)cc2c1. The van der Waals surface area contributed by atoms with E-state index in [1.165, 1.54) is 6.08 Å². The molecular weight excluding hydrogens is 214 g/mol. The number of carboxylic acid groups (broad SMARTS) is 1. The lowest BCUT2D eigenvalue weighted by molar-refractivity contribution is -0.131. The molecule has 0 fully saturated rings. The highest BCUT2D eigenvalue weighted by Gasteiger charge is 1.97. The summed E-state index contributed by atoms with van der Waals surface area (Å²) in [7, 11) is 0. The Labute approximate surface area is 99.4 Å². The van der Waals surface area contributed by atoms with Gasteiger partial charge in [-0.3, -0.25) is 4.98 Å². The predicted molar refractivity (Wildman–Crippen MR) is 67.0 cm³/mol. The second-order valence-corrected chi connectivity index (χ2v) is 3.98. The van der Waals surface area contributed by atoms with Crippen molar-refractivity contribution < 1.29 is 9.90 Å². The van der Waals surface area contributed by atoms with Crippen molar-refractivity contribution >= 4 is 16.9 Å². The van der Waals surface area contributed by atoms with E-state index in [1.54, 1.807) is 6.08 Å². The van der Waals surface area contributed by atoms with Crippen LogP contribution in [0.2, 0.25) is 0 Å². The second-order valence-electron chi connectivity index (χ2n) is 3.98. The number of aliphatic carboxylic acids is 1. The Hall–Kier alpha value is -2.16. The lowest BCUT2D eigenvalue weighted by Gasteiger charge is -2.01. The number of hydrogen-bond donors (Lipinski definition) is 1. The van der Waals surface area contributed by atoms with Crippen LogP contribution in [0, 0.1) is 6.92 Å². The van der Waals surface area contributed by atoms with Crippen molar-refractivity contribution in [3.8, 4) is 0 Å². The minimum atomic E-state index is -0.914. The van der Waals surface area contributed by atoms with Gasteiger partial charge in [0.15, 0.2) is 0 Å². The van der Waals surface area contributed by atoms with Crippen molar-refractivity contribution in [1.29, 1.82) is 0 Å². The number of aryl methyl sites for hydroxylation is 1. The summed E-state index contributed by atoms with van der Waals surface area (Å²) >= 11 is 0. The van der Waals surface area contributed by atoms with Crippen molar-refractivity contribution in [2.45, 2.75) is 13.3 Å². The number of pyridine rings is 1. The van der Waals surface area contributed by atoms with Gasteiger partial charge >= 0.3 is 5.97 Å². The van der Waals surface area contributed by atoms with Gasteiger partial charge in [0.2, 0.25) is 0 Å². The highest BCUT2D eigenvalue weighted by atomic mass is 16.4. The molecule has 0 amide bonds. The summed E-state index contributed by atoms with van der Waals surface area (Å²) in [6.45, 7) is 2.00. The van der Waals surface area contributed by atoms with E-state index in [4.69, 9.17) is 5.11 Å². The van der Waals surface area contributed by atoms with Gasteiger partial charge in [-0.25, -0.2) is 4.79 Å². The Morgan fingerprint density at radius 1 is 1.41 bits per heavy atom. The highest BCUT2D eigenvalue weighted by molar-refractivity contribution is 5.80. The molecule has 0 aliphatic rings. The molecule has 0 unspecified atom stereocenters. The van der Waals surface area contributed by atoms with E-state index in [9.17, 15) is 4.79 Å². The third-order valence-electron chi connectivity index (χ3n) is 2.50. The Morgan fingerprint density at radius 2 is 2.24 bits per heavy atom. The molecule has 86 valence electrons. The van der Waals surface area contributed by atoms with Crippen LogP contribution in [0.15, 0.2) is 42.6 Å². The molecule has 17 heavy (non-hydrogen) atoms. The molecule has 1 N–H and O–H groups in total.